The molecule has 0 aliphatic rings. The first kappa shape index (κ1) is 11.9. The molecule has 0 amide bonds. The summed E-state index contributed by atoms with van der Waals surface area (Å²) < 4.78 is 4.17. The van der Waals surface area contributed by atoms with Crippen molar-refractivity contribution in [2.75, 3.05) is 0 Å². The van der Waals surface area contributed by atoms with Crippen molar-refractivity contribution in [3.8, 4) is 0 Å². The average Bonchev–Trinajstić information content (AvgIpc) is 2.82. The quantitative estimate of drug-likeness (QED) is 0.862. The van der Waals surface area contributed by atoms with Crippen LogP contribution in [-0.2, 0) is 20.0 Å². The number of nitrogens with zero attached hydrogens (tertiary/aromatic N) is 4. The number of aryl methyl sites for hydroxylation is 4. The Kier molecular flexibility index (Phi) is 3.28. The SMILES string of the molecule is Cc1nc(C(C)N)cn1CCc1nccn1C. The zero-order valence-corrected chi connectivity index (χ0v) is 10.6. The molecular weight excluding hydrogens is 214 g/mol. The van der Waals surface area contributed by atoms with Crippen molar-refractivity contribution in [2.45, 2.75) is 32.9 Å². The fourth-order valence-electron chi connectivity index (χ4n) is 1.84. The second kappa shape index (κ2) is 4.71. The van der Waals surface area contributed by atoms with Crippen molar-refractivity contribution < 1.29 is 0 Å². The normalized spacial score (nSPS) is 12.9. The van der Waals surface area contributed by atoms with Crippen LogP contribution in [-0.4, -0.2) is 19.1 Å². The van der Waals surface area contributed by atoms with E-state index in [2.05, 4.69) is 14.5 Å². The van der Waals surface area contributed by atoms with Crippen molar-refractivity contribution in [3.05, 3.63) is 35.9 Å². The molecule has 0 spiro atoms. The molecule has 5 heteroatoms. The van der Waals surface area contributed by atoms with Crippen molar-refractivity contribution in [1.82, 2.24) is 19.1 Å². The molecule has 0 fully saturated rings. The molecule has 17 heavy (non-hydrogen) atoms. The lowest BCUT2D eigenvalue weighted by atomic mass is 10.3. The van der Waals surface area contributed by atoms with Gasteiger partial charge in [0.2, 0.25) is 0 Å². The van der Waals surface area contributed by atoms with Crippen LogP contribution in [0.5, 0.6) is 0 Å². The number of imidazole rings is 2. The van der Waals surface area contributed by atoms with E-state index in [4.69, 9.17) is 5.73 Å². The summed E-state index contributed by atoms with van der Waals surface area (Å²) in [5.74, 6) is 2.09. The molecule has 0 bridgehead atoms. The van der Waals surface area contributed by atoms with Gasteiger partial charge in [0, 0.05) is 44.6 Å². The van der Waals surface area contributed by atoms with Gasteiger partial charge in [0.05, 0.1) is 5.69 Å². The lowest BCUT2D eigenvalue weighted by Gasteiger charge is -2.04. The molecule has 0 saturated carbocycles. The molecule has 2 aromatic heterocycles. The van der Waals surface area contributed by atoms with Crippen LogP contribution >= 0.6 is 0 Å². The molecule has 0 aromatic carbocycles. The summed E-state index contributed by atoms with van der Waals surface area (Å²) in [7, 11) is 2.01. The minimum atomic E-state index is -0.0110. The van der Waals surface area contributed by atoms with E-state index in [1.54, 1.807) is 0 Å². The van der Waals surface area contributed by atoms with Gasteiger partial charge in [-0.15, -0.1) is 0 Å². The van der Waals surface area contributed by atoms with E-state index >= 15 is 0 Å². The van der Waals surface area contributed by atoms with E-state index in [1.807, 2.05) is 44.1 Å². The van der Waals surface area contributed by atoms with Gasteiger partial charge >= 0.3 is 0 Å². The average molecular weight is 233 g/mol. The Hall–Kier alpha value is -1.62. The van der Waals surface area contributed by atoms with Crippen LogP contribution in [0.3, 0.4) is 0 Å². The van der Waals surface area contributed by atoms with Crippen LogP contribution in [0.25, 0.3) is 0 Å². The largest absolute Gasteiger partial charge is 0.338 e. The number of rotatable bonds is 4. The van der Waals surface area contributed by atoms with Crippen LogP contribution in [0.15, 0.2) is 18.6 Å². The summed E-state index contributed by atoms with van der Waals surface area (Å²) in [5.41, 5.74) is 6.77. The number of nitrogens with two attached hydrogens (primary N) is 1. The Morgan fingerprint density at radius 2 is 2.24 bits per heavy atom. The zero-order chi connectivity index (χ0) is 12.4. The summed E-state index contributed by atoms with van der Waals surface area (Å²) in [4.78, 5) is 8.75. The van der Waals surface area contributed by atoms with Gasteiger partial charge in [-0.1, -0.05) is 0 Å². The van der Waals surface area contributed by atoms with Gasteiger partial charge in [-0.25, -0.2) is 9.97 Å². The molecule has 0 aliphatic heterocycles. The van der Waals surface area contributed by atoms with Crippen molar-refractivity contribution >= 4 is 0 Å². The Labute approximate surface area is 101 Å². The van der Waals surface area contributed by atoms with Gasteiger partial charge in [-0.3, -0.25) is 0 Å². The second-order valence-electron chi connectivity index (χ2n) is 4.40. The maximum atomic E-state index is 5.82. The molecular formula is C12H19N5. The molecule has 0 radical (unpaired) electrons. The fraction of sp³-hybridized carbons (Fsp3) is 0.500. The molecule has 1 atom stereocenters. The Bertz CT molecular complexity index is 495. The van der Waals surface area contributed by atoms with Gasteiger partial charge in [-0.2, -0.15) is 0 Å². The third-order valence-corrected chi connectivity index (χ3v) is 2.96. The lowest BCUT2D eigenvalue weighted by Crippen LogP contribution is -2.06. The van der Waals surface area contributed by atoms with E-state index in [0.717, 1.165) is 30.3 Å². The second-order valence-corrected chi connectivity index (χ2v) is 4.40. The van der Waals surface area contributed by atoms with Crippen LogP contribution in [0.4, 0.5) is 0 Å². The molecule has 2 heterocycles. The minimum absolute atomic E-state index is 0.0110. The van der Waals surface area contributed by atoms with Crippen molar-refractivity contribution in [1.29, 1.82) is 0 Å². The first-order valence-corrected chi connectivity index (χ1v) is 5.83. The number of hydrogen-bond acceptors (Lipinski definition) is 3. The molecule has 2 aromatic rings. The maximum absolute atomic E-state index is 5.82. The maximum Gasteiger partial charge on any atom is 0.110 e. The third kappa shape index (κ3) is 2.55. The monoisotopic (exact) mass is 233 g/mol. The summed E-state index contributed by atoms with van der Waals surface area (Å²) in [6, 6.07) is -0.0110. The van der Waals surface area contributed by atoms with E-state index in [1.165, 1.54) is 0 Å². The van der Waals surface area contributed by atoms with Gasteiger partial charge in [0.1, 0.15) is 11.6 Å². The van der Waals surface area contributed by atoms with Crippen LogP contribution in [0, 0.1) is 6.92 Å². The Morgan fingerprint density at radius 1 is 1.47 bits per heavy atom. The fourth-order valence-corrected chi connectivity index (χ4v) is 1.84. The topological polar surface area (TPSA) is 61.7 Å². The molecule has 0 saturated heterocycles. The zero-order valence-electron chi connectivity index (χ0n) is 10.6. The van der Waals surface area contributed by atoms with E-state index in [0.29, 0.717) is 0 Å². The summed E-state index contributed by atoms with van der Waals surface area (Å²) >= 11 is 0. The van der Waals surface area contributed by atoms with Crippen molar-refractivity contribution in [3.63, 3.8) is 0 Å². The van der Waals surface area contributed by atoms with Crippen LogP contribution in [0.2, 0.25) is 0 Å². The predicted octanol–water partition coefficient (Wildman–Crippen LogP) is 1.19. The van der Waals surface area contributed by atoms with Crippen LogP contribution in [0.1, 0.15) is 30.3 Å². The molecule has 92 valence electrons. The van der Waals surface area contributed by atoms with Crippen molar-refractivity contribution in [2.24, 2.45) is 12.8 Å². The highest BCUT2D eigenvalue weighted by Gasteiger charge is 2.08. The molecule has 2 N–H and O–H groups in total. The van der Waals surface area contributed by atoms with E-state index in [9.17, 15) is 0 Å². The first-order chi connectivity index (χ1) is 8.08. The Morgan fingerprint density at radius 3 is 2.76 bits per heavy atom. The number of hydrogen-bond donors (Lipinski definition) is 1. The summed E-state index contributed by atoms with van der Waals surface area (Å²) in [5, 5.41) is 0. The highest BCUT2D eigenvalue weighted by molar-refractivity contribution is 5.07. The molecule has 5 nitrogen and oxygen atoms in total. The molecule has 2 rings (SSSR count). The highest BCUT2D eigenvalue weighted by Crippen LogP contribution is 2.10. The van der Waals surface area contributed by atoms with Gasteiger partial charge in [0.25, 0.3) is 0 Å². The number of aromatic nitrogens is 4. The summed E-state index contributed by atoms with van der Waals surface area (Å²) in [6.45, 7) is 4.84. The highest BCUT2D eigenvalue weighted by atomic mass is 15.1. The third-order valence-electron chi connectivity index (χ3n) is 2.96. The summed E-state index contributed by atoms with van der Waals surface area (Å²) in [6.07, 6.45) is 6.72. The molecule has 0 aliphatic carbocycles. The first-order valence-electron chi connectivity index (χ1n) is 5.83. The van der Waals surface area contributed by atoms with Gasteiger partial charge < -0.3 is 14.9 Å². The predicted molar refractivity (Wildman–Crippen MR) is 66.5 cm³/mol. The van der Waals surface area contributed by atoms with Crippen LogP contribution < -0.4 is 5.73 Å². The lowest BCUT2D eigenvalue weighted by molar-refractivity contribution is 0.634. The van der Waals surface area contributed by atoms with E-state index in [-0.39, 0.29) is 6.04 Å². The minimum Gasteiger partial charge on any atom is -0.338 e. The Balaban J connectivity index is 2.06. The smallest absolute Gasteiger partial charge is 0.110 e. The van der Waals surface area contributed by atoms with Gasteiger partial charge in [-0.05, 0) is 13.8 Å². The van der Waals surface area contributed by atoms with E-state index < -0.39 is 0 Å². The van der Waals surface area contributed by atoms with Gasteiger partial charge in [0.15, 0.2) is 0 Å². The standard InChI is InChI=1S/C12H19N5/c1-9(13)11-8-17(10(2)15-11)6-4-12-14-5-7-16(12)3/h5,7-9H,4,6,13H2,1-3H3. The molecule has 1 unspecified atom stereocenters.